The summed E-state index contributed by atoms with van der Waals surface area (Å²) in [6.07, 6.45) is 2.37. The number of anilines is 2. The monoisotopic (exact) mass is 294 g/mol. The van der Waals surface area contributed by atoms with Gasteiger partial charge in [-0.25, -0.2) is 9.18 Å². The molecule has 4 nitrogen and oxygen atoms in total. The summed E-state index contributed by atoms with van der Waals surface area (Å²) in [5, 5.41) is 0. The molecule has 21 heavy (non-hydrogen) atoms. The van der Waals surface area contributed by atoms with Crippen molar-refractivity contribution in [2.45, 2.75) is 39.7 Å². The Bertz CT molecular complexity index is 527. The highest BCUT2D eigenvalue weighted by Gasteiger charge is 2.28. The normalized spacial score (nSPS) is 14.3. The molecule has 2 rings (SSSR count). The summed E-state index contributed by atoms with van der Waals surface area (Å²) < 4.78 is 19.3. The lowest BCUT2D eigenvalue weighted by Crippen LogP contribution is -2.33. The first-order valence-corrected chi connectivity index (χ1v) is 7.46. The van der Waals surface area contributed by atoms with E-state index in [4.69, 9.17) is 10.5 Å². The van der Waals surface area contributed by atoms with Gasteiger partial charge in [0, 0.05) is 18.3 Å². The molecule has 0 amide bonds. The number of benzene rings is 1. The second-order valence-electron chi connectivity index (χ2n) is 5.80. The maximum atomic E-state index is 14.3. The molecule has 0 aliphatic heterocycles. The highest BCUT2D eigenvalue weighted by molar-refractivity contribution is 5.96. The Morgan fingerprint density at radius 3 is 2.67 bits per heavy atom. The van der Waals surface area contributed by atoms with Crippen molar-refractivity contribution < 1.29 is 13.9 Å². The molecule has 2 N–H and O–H groups in total. The number of nitrogens with two attached hydrogens (primary N) is 1. The molecule has 116 valence electrons. The Hall–Kier alpha value is -1.78. The van der Waals surface area contributed by atoms with Crippen LogP contribution in [0.3, 0.4) is 0 Å². The Morgan fingerprint density at radius 1 is 1.48 bits per heavy atom. The van der Waals surface area contributed by atoms with Crippen LogP contribution in [0.2, 0.25) is 0 Å². The van der Waals surface area contributed by atoms with Crippen LogP contribution in [0.25, 0.3) is 0 Å². The minimum atomic E-state index is -0.508. The number of ether oxygens (including phenoxy) is 1. The molecular weight excluding hydrogens is 271 g/mol. The number of rotatable bonds is 6. The van der Waals surface area contributed by atoms with E-state index in [0.717, 1.165) is 6.54 Å². The quantitative estimate of drug-likeness (QED) is 0.646. The first kappa shape index (κ1) is 15.6. The van der Waals surface area contributed by atoms with E-state index in [2.05, 4.69) is 0 Å². The molecule has 0 aromatic heterocycles. The van der Waals surface area contributed by atoms with E-state index >= 15 is 0 Å². The summed E-state index contributed by atoms with van der Waals surface area (Å²) >= 11 is 0. The summed E-state index contributed by atoms with van der Waals surface area (Å²) in [5.41, 5.74) is 6.52. The van der Waals surface area contributed by atoms with Crippen LogP contribution in [0.1, 0.15) is 44.0 Å². The fraction of sp³-hybridized carbons (Fsp3) is 0.562. The Morgan fingerprint density at radius 2 is 2.14 bits per heavy atom. The third-order valence-corrected chi connectivity index (χ3v) is 3.70. The molecule has 1 aromatic carbocycles. The van der Waals surface area contributed by atoms with Crippen molar-refractivity contribution in [3.8, 4) is 0 Å². The zero-order chi connectivity index (χ0) is 15.6. The number of hydrogen-bond acceptors (Lipinski definition) is 4. The van der Waals surface area contributed by atoms with Crippen molar-refractivity contribution in [3.05, 3.63) is 23.5 Å². The number of halogens is 1. The van der Waals surface area contributed by atoms with Gasteiger partial charge < -0.3 is 15.4 Å². The van der Waals surface area contributed by atoms with Crippen LogP contribution in [0.15, 0.2) is 12.1 Å². The minimum Gasteiger partial charge on any atom is -0.462 e. The average Bonchev–Trinajstić information content (AvgIpc) is 3.20. The first-order chi connectivity index (χ1) is 9.93. The van der Waals surface area contributed by atoms with Gasteiger partial charge >= 0.3 is 5.97 Å². The summed E-state index contributed by atoms with van der Waals surface area (Å²) in [7, 11) is 0. The molecule has 1 aliphatic carbocycles. The van der Waals surface area contributed by atoms with E-state index in [1.807, 2.05) is 18.7 Å². The van der Waals surface area contributed by atoms with Crippen LogP contribution in [-0.2, 0) is 4.74 Å². The number of nitrogen functional groups attached to an aromatic ring is 1. The highest BCUT2D eigenvalue weighted by Crippen LogP contribution is 2.34. The predicted molar refractivity (Wildman–Crippen MR) is 82.0 cm³/mol. The van der Waals surface area contributed by atoms with Gasteiger partial charge in [0.15, 0.2) is 0 Å². The summed E-state index contributed by atoms with van der Waals surface area (Å²) in [5.74, 6) is -0.281. The number of hydrogen-bond donors (Lipinski definition) is 1. The van der Waals surface area contributed by atoms with Crippen LogP contribution in [0.5, 0.6) is 0 Å². The molecule has 0 bridgehead atoms. The third kappa shape index (κ3) is 3.65. The van der Waals surface area contributed by atoms with Gasteiger partial charge in [0.05, 0.1) is 17.9 Å². The number of carbonyl (C=O) groups is 1. The van der Waals surface area contributed by atoms with Crippen molar-refractivity contribution in [2.75, 3.05) is 23.8 Å². The molecule has 1 aromatic rings. The molecule has 1 saturated carbocycles. The lowest BCUT2D eigenvalue weighted by atomic mass is 10.1. The predicted octanol–water partition coefficient (Wildman–Crippen LogP) is 3.21. The number of carbonyl (C=O) groups excluding carboxylic acids is 1. The van der Waals surface area contributed by atoms with E-state index in [1.165, 1.54) is 25.0 Å². The van der Waals surface area contributed by atoms with E-state index in [-0.39, 0.29) is 23.9 Å². The standard InChI is InChI=1S/C16H23FN2O2/c1-4-21-16(20)12-7-15(13(17)8-14(12)18)19(10(2)3)9-11-5-6-11/h7-8,10-11H,4-6,9,18H2,1-3H3. The maximum absolute atomic E-state index is 14.3. The highest BCUT2D eigenvalue weighted by atomic mass is 19.1. The minimum absolute atomic E-state index is 0.116. The van der Waals surface area contributed by atoms with Crippen molar-refractivity contribution >= 4 is 17.3 Å². The van der Waals surface area contributed by atoms with Crippen LogP contribution >= 0.6 is 0 Å². The average molecular weight is 294 g/mol. The van der Waals surface area contributed by atoms with Gasteiger partial charge in [-0.1, -0.05) is 0 Å². The van der Waals surface area contributed by atoms with E-state index in [1.54, 1.807) is 6.92 Å². The van der Waals surface area contributed by atoms with Crippen molar-refractivity contribution in [1.29, 1.82) is 0 Å². The molecule has 0 unspecified atom stereocenters. The maximum Gasteiger partial charge on any atom is 0.340 e. The molecule has 0 saturated heterocycles. The van der Waals surface area contributed by atoms with Gasteiger partial charge in [-0.05, 0) is 51.7 Å². The van der Waals surface area contributed by atoms with Crippen LogP contribution in [-0.4, -0.2) is 25.2 Å². The Labute approximate surface area is 125 Å². The second kappa shape index (κ2) is 6.33. The molecule has 0 atom stereocenters. The second-order valence-corrected chi connectivity index (χ2v) is 5.80. The van der Waals surface area contributed by atoms with Crippen molar-refractivity contribution in [1.82, 2.24) is 0 Å². The Balaban J connectivity index is 2.36. The SMILES string of the molecule is CCOC(=O)c1cc(N(CC2CC2)C(C)C)c(F)cc1N. The van der Waals surface area contributed by atoms with Crippen molar-refractivity contribution in [3.63, 3.8) is 0 Å². The smallest absolute Gasteiger partial charge is 0.340 e. The van der Waals surface area contributed by atoms with Gasteiger partial charge in [0.25, 0.3) is 0 Å². The molecule has 0 spiro atoms. The summed E-state index contributed by atoms with van der Waals surface area (Å²) in [6, 6.07) is 2.88. The Kier molecular flexibility index (Phi) is 4.70. The fourth-order valence-corrected chi connectivity index (χ4v) is 2.35. The summed E-state index contributed by atoms with van der Waals surface area (Å²) in [6.45, 7) is 6.83. The van der Waals surface area contributed by atoms with Gasteiger partial charge in [0.1, 0.15) is 5.82 Å². The lowest BCUT2D eigenvalue weighted by Gasteiger charge is -2.30. The van der Waals surface area contributed by atoms with Gasteiger partial charge in [0.2, 0.25) is 0 Å². The largest absolute Gasteiger partial charge is 0.462 e. The van der Waals surface area contributed by atoms with Gasteiger partial charge in [-0.3, -0.25) is 0 Å². The molecule has 0 radical (unpaired) electrons. The number of nitrogens with zero attached hydrogens (tertiary/aromatic N) is 1. The molecular formula is C16H23FN2O2. The van der Waals surface area contributed by atoms with E-state index < -0.39 is 11.8 Å². The number of esters is 1. The lowest BCUT2D eigenvalue weighted by molar-refractivity contribution is 0.0527. The van der Waals surface area contributed by atoms with Crippen LogP contribution in [0.4, 0.5) is 15.8 Å². The van der Waals surface area contributed by atoms with Gasteiger partial charge in [-0.2, -0.15) is 0 Å². The van der Waals surface area contributed by atoms with E-state index in [9.17, 15) is 9.18 Å². The van der Waals surface area contributed by atoms with Crippen LogP contribution < -0.4 is 10.6 Å². The first-order valence-electron chi connectivity index (χ1n) is 7.46. The molecule has 1 aliphatic rings. The third-order valence-electron chi connectivity index (χ3n) is 3.70. The van der Waals surface area contributed by atoms with Gasteiger partial charge in [-0.15, -0.1) is 0 Å². The molecule has 1 fully saturated rings. The van der Waals surface area contributed by atoms with Crippen LogP contribution in [0, 0.1) is 11.7 Å². The topological polar surface area (TPSA) is 55.6 Å². The molecule has 5 heteroatoms. The molecule has 0 heterocycles. The van der Waals surface area contributed by atoms with E-state index in [0.29, 0.717) is 11.6 Å². The zero-order valence-electron chi connectivity index (χ0n) is 12.9. The zero-order valence-corrected chi connectivity index (χ0v) is 12.9. The van der Waals surface area contributed by atoms with Crippen molar-refractivity contribution in [2.24, 2.45) is 5.92 Å². The summed E-state index contributed by atoms with van der Waals surface area (Å²) in [4.78, 5) is 13.9. The fourth-order valence-electron chi connectivity index (χ4n) is 2.35.